The van der Waals surface area contributed by atoms with Gasteiger partial charge in [0, 0.05) is 0 Å². The van der Waals surface area contributed by atoms with Crippen LogP contribution in [0.1, 0.15) is 46.8 Å². The summed E-state index contributed by atoms with van der Waals surface area (Å²) in [6.45, 7) is 4.03. The van der Waals surface area contributed by atoms with E-state index >= 15 is 0 Å². The van der Waals surface area contributed by atoms with Gasteiger partial charge in [-0.3, -0.25) is 0 Å². The fraction of sp³-hybridized carbons (Fsp3) is 0.333. The molecule has 2 heterocycles. The summed E-state index contributed by atoms with van der Waals surface area (Å²) in [6.07, 6.45) is 0. The number of benzene rings is 2. The Morgan fingerprint density at radius 1 is 0.846 bits per heavy atom. The number of carbonyl (C=O) groups is 2. The molecule has 5 heteroatoms. The maximum atomic E-state index is 13.1. The van der Waals surface area contributed by atoms with Crippen molar-refractivity contribution < 1.29 is 19.1 Å². The quantitative estimate of drug-likeness (QED) is 0.437. The molecule has 0 radical (unpaired) electrons. The fourth-order valence-electron chi connectivity index (χ4n) is 4.07. The van der Waals surface area contributed by atoms with Gasteiger partial charge in [0.1, 0.15) is 0 Å². The normalized spacial score (nSPS) is 21.5. The van der Waals surface area contributed by atoms with E-state index in [1.807, 2.05) is 36.4 Å². The summed E-state index contributed by atoms with van der Waals surface area (Å²) in [4.78, 5) is 26.3. The van der Waals surface area contributed by atoms with Crippen LogP contribution in [0, 0.1) is 0 Å². The fourth-order valence-corrected chi connectivity index (χ4v) is 7.75. The Morgan fingerprint density at radius 2 is 1.27 bits per heavy atom. The Morgan fingerprint density at radius 3 is 1.69 bits per heavy atom. The van der Waals surface area contributed by atoms with Crippen molar-refractivity contribution in [2.45, 2.75) is 28.9 Å². The molecule has 3 aliphatic rings. The van der Waals surface area contributed by atoms with Gasteiger partial charge in [-0.25, -0.2) is 0 Å². The van der Waals surface area contributed by atoms with Crippen molar-refractivity contribution in [2.24, 2.45) is 0 Å². The molecular formula is C21H20O4Se. The molecule has 134 valence electrons. The molecule has 1 aliphatic carbocycles. The third kappa shape index (κ3) is 2.27. The summed E-state index contributed by atoms with van der Waals surface area (Å²) in [5.41, 5.74) is 4.54. The number of hydrogen-bond donors (Lipinski definition) is 0. The van der Waals surface area contributed by atoms with E-state index in [-0.39, 0.29) is 38.9 Å². The van der Waals surface area contributed by atoms with Gasteiger partial charge in [0.2, 0.25) is 0 Å². The van der Waals surface area contributed by atoms with Crippen molar-refractivity contribution in [2.75, 3.05) is 13.2 Å². The molecule has 2 aliphatic heterocycles. The predicted molar refractivity (Wildman–Crippen MR) is 98.3 cm³/mol. The van der Waals surface area contributed by atoms with Crippen molar-refractivity contribution in [1.82, 2.24) is 0 Å². The van der Waals surface area contributed by atoms with Gasteiger partial charge in [0.15, 0.2) is 0 Å². The molecule has 26 heavy (non-hydrogen) atoms. The molecule has 2 aromatic carbocycles. The van der Waals surface area contributed by atoms with Gasteiger partial charge < -0.3 is 0 Å². The van der Waals surface area contributed by atoms with Crippen LogP contribution in [0.3, 0.4) is 0 Å². The van der Waals surface area contributed by atoms with Gasteiger partial charge in [0.25, 0.3) is 0 Å². The summed E-state index contributed by atoms with van der Waals surface area (Å²) in [6, 6.07) is 16.3. The molecule has 0 aromatic heterocycles. The van der Waals surface area contributed by atoms with E-state index < -0.39 is 16.3 Å². The number of carbonyl (C=O) groups excluding carboxylic acids is 2. The molecule has 0 N–H and O–H groups in total. The maximum absolute atomic E-state index is 13.1. The SMILES string of the molecule is CCOC(=O)C1(C(=O)OCC)[Se]C2c3ccccc3C1c1ccccc12. The van der Waals surface area contributed by atoms with Gasteiger partial charge >= 0.3 is 159 Å². The number of fused-ring (bicyclic) bond motifs is 1. The molecule has 4 nitrogen and oxygen atoms in total. The molecule has 0 saturated carbocycles. The molecule has 0 amide bonds. The third-order valence-corrected chi connectivity index (χ3v) is 8.58. The van der Waals surface area contributed by atoms with Crippen LogP contribution in [-0.2, 0) is 19.1 Å². The van der Waals surface area contributed by atoms with Gasteiger partial charge in [-0.1, -0.05) is 0 Å². The summed E-state index contributed by atoms with van der Waals surface area (Å²) in [5, 5.41) is 0. The number of ether oxygens (including phenoxy) is 2. The number of esters is 2. The monoisotopic (exact) mass is 416 g/mol. The van der Waals surface area contributed by atoms with E-state index in [2.05, 4.69) is 12.1 Å². The van der Waals surface area contributed by atoms with Crippen LogP contribution in [0.15, 0.2) is 48.5 Å². The summed E-state index contributed by atoms with van der Waals surface area (Å²) >= 11 is -0.334. The van der Waals surface area contributed by atoms with Crippen LogP contribution in [0.5, 0.6) is 0 Å². The van der Waals surface area contributed by atoms with Crippen LogP contribution < -0.4 is 0 Å². The topological polar surface area (TPSA) is 52.6 Å². The van der Waals surface area contributed by atoms with E-state index in [0.29, 0.717) is 0 Å². The standard InChI is InChI=1S/C21H20O4Se/c1-3-24-19(22)21(20(23)25-4-2)17-13-9-5-7-11-15(13)18(26-21)16-12-8-6-10-14(16)17/h5-12,17-18H,3-4H2,1-2H3. The average molecular weight is 415 g/mol. The van der Waals surface area contributed by atoms with Crippen molar-refractivity contribution in [3.8, 4) is 0 Å². The first-order chi connectivity index (χ1) is 12.6. The first-order valence-electron chi connectivity index (χ1n) is 8.85. The Labute approximate surface area is 159 Å². The molecular weight excluding hydrogens is 395 g/mol. The van der Waals surface area contributed by atoms with Crippen molar-refractivity contribution >= 4 is 26.9 Å². The zero-order chi connectivity index (χ0) is 18.3. The minimum absolute atomic E-state index is 0.0497. The zero-order valence-electron chi connectivity index (χ0n) is 14.7. The van der Waals surface area contributed by atoms with E-state index in [1.54, 1.807) is 13.8 Å². The zero-order valence-corrected chi connectivity index (χ0v) is 16.4. The van der Waals surface area contributed by atoms with E-state index in [9.17, 15) is 9.59 Å². The van der Waals surface area contributed by atoms with Crippen LogP contribution in [0.4, 0.5) is 0 Å². The minimum atomic E-state index is -1.26. The molecule has 0 saturated heterocycles. The second-order valence-electron chi connectivity index (χ2n) is 6.37. The second-order valence-corrected chi connectivity index (χ2v) is 9.20. The molecule has 0 atom stereocenters. The van der Waals surface area contributed by atoms with Crippen LogP contribution in [0.25, 0.3) is 0 Å². The van der Waals surface area contributed by atoms with E-state index in [4.69, 9.17) is 9.47 Å². The summed E-state index contributed by atoms with van der Waals surface area (Å²) in [7, 11) is 0. The van der Waals surface area contributed by atoms with Gasteiger partial charge in [-0.15, -0.1) is 0 Å². The van der Waals surface area contributed by atoms with Gasteiger partial charge in [0.05, 0.1) is 0 Å². The van der Waals surface area contributed by atoms with Gasteiger partial charge in [-0.2, -0.15) is 0 Å². The van der Waals surface area contributed by atoms with Crippen molar-refractivity contribution in [1.29, 1.82) is 0 Å². The Kier molecular flexibility index (Phi) is 4.37. The first kappa shape index (κ1) is 17.3. The first-order valence-corrected chi connectivity index (χ1v) is 10.7. The predicted octanol–water partition coefficient (Wildman–Crippen LogP) is 3.22. The van der Waals surface area contributed by atoms with E-state index in [1.165, 1.54) is 11.1 Å². The van der Waals surface area contributed by atoms with E-state index in [0.717, 1.165) is 11.1 Å². The van der Waals surface area contributed by atoms with Gasteiger partial charge in [-0.05, 0) is 0 Å². The number of rotatable bonds is 4. The number of hydrogen-bond acceptors (Lipinski definition) is 4. The molecule has 2 bridgehead atoms. The Hall–Kier alpha value is -2.10. The van der Waals surface area contributed by atoms with Crippen molar-refractivity contribution in [3.63, 3.8) is 0 Å². The Balaban J connectivity index is 1.98. The average Bonchev–Trinajstić information content (AvgIpc) is 2.68. The summed E-state index contributed by atoms with van der Waals surface area (Å²) in [5.74, 6) is -1.24. The van der Waals surface area contributed by atoms with Crippen LogP contribution in [0.2, 0.25) is 4.31 Å². The van der Waals surface area contributed by atoms with Crippen LogP contribution in [-0.4, -0.2) is 40.1 Å². The summed E-state index contributed by atoms with van der Waals surface area (Å²) < 4.78 is 9.56. The van der Waals surface area contributed by atoms with Crippen molar-refractivity contribution in [3.05, 3.63) is 70.8 Å². The molecule has 0 unspecified atom stereocenters. The Bertz CT molecular complexity index is 810. The second kappa shape index (κ2) is 6.57. The molecule has 5 rings (SSSR count). The molecule has 0 spiro atoms. The molecule has 0 fully saturated rings. The third-order valence-electron chi connectivity index (χ3n) is 5.05. The van der Waals surface area contributed by atoms with Crippen LogP contribution >= 0.6 is 0 Å². The molecule has 2 aromatic rings.